The predicted octanol–water partition coefficient (Wildman–Crippen LogP) is 4.23. The first-order chi connectivity index (χ1) is 13.6. The zero-order valence-electron chi connectivity index (χ0n) is 15.7. The maximum absolute atomic E-state index is 14.1. The number of halogens is 1. The van der Waals surface area contributed by atoms with Crippen LogP contribution >= 0.6 is 11.8 Å². The SMILES string of the molecule is CCOc1ccc(NC(=O)CSc2nnc(-c3ccccc3F)n2CC)cc1. The minimum Gasteiger partial charge on any atom is -0.494 e. The van der Waals surface area contributed by atoms with Crippen LogP contribution in [0.15, 0.2) is 53.7 Å². The number of aromatic nitrogens is 3. The summed E-state index contributed by atoms with van der Waals surface area (Å²) in [7, 11) is 0. The molecule has 0 bridgehead atoms. The molecule has 0 atom stereocenters. The average molecular weight is 400 g/mol. The second-order valence-corrected chi connectivity index (χ2v) is 6.77. The molecule has 1 heterocycles. The van der Waals surface area contributed by atoms with Crippen LogP contribution in [0.4, 0.5) is 10.1 Å². The van der Waals surface area contributed by atoms with Crippen LogP contribution in [0.25, 0.3) is 11.4 Å². The molecule has 1 aromatic heterocycles. The lowest BCUT2D eigenvalue weighted by molar-refractivity contribution is -0.113. The topological polar surface area (TPSA) is 69.0 Å². The fourth-order valence-electron chi connectivity index (χ4n) is 2.65. The fraction of sp³-hybridized carbons (Fsp3) is 0.250. The van der Waals surface area contributed by atoms with E-state index in [1.807, 2.05) is 13.8 Å². The van der Waals surface area contributed by atoms with E-state index in [-0.39, 0.29) is 17.5 Å². The molecule has 0 unspecified atom stereocenters. The smallest absolute Gasteiger partial charge is 0.234 e. The van der Waals surface area contributed by atoms with Crippen molar-refractivity contribution in [3.05, 3.63) is 54.3 Å². The third kappa shape index (κ3) is 4.69. The van der Waals surface area contributed by atoms with Crippen molar-refractivity contribution >= 4 is 23.4 Å². The van der Waals surface area contributed by atoms with Crippen molar-refractivity contribution < 1.29 is 13.9 Å². The van der Waals surface area contributed by atoms with Gasteiger partial charge < -0.3 is 14.6 Å². The maximum Gasteiger partial charge on any atom is 0.234 e. The van der Waals surface area contributed by atoms with E-state index in [1.54, 1.807) is 47.0 Å². The molecule has 0 saturated carbocycles. The molecule has 3 aromatic rings. The minimum atomic E-state index is -0.352. The van der Waals surface area contributed by atoms with Gasteiger partial charge in [-0.2, -0.15) is 0 Å². The number of carbonyl (C=O) groups excluding carboxylic acids is 1. The minimum absolute atomic E-state index is 0.160. The Kier molecular flexibility index (Phi) is 6.65. The molecule has 6 nitrogen and oxygen atoms in total. The molecular formula is C20H21FN4O2S. The van der Waals surface area contributed by atoms with Gasteiger partial charge in [0, 0.05) is 12.2 Å². The summed E-state index contributed by atoms with van der Waals surface area (Å²) in [5, 5.41) is 11.6. The molecule has 0 fully saturated rings. The van der Waals surface area contributed by atoms with Crippen molar-refractivity contribution in [2.75, 3.05) is 17.7 Å². The highest BCUT2D eigenvalue weighted by Gasteiger charge is 2.17. The van der Waals surface area contributed by atoms with Crippen molar-refractivity contribution in [1.82, 2.24) is 14.8 Å². The van der Waals surface area contributed by atoms with Gasteiger partial charge in [0.05, 0.1) is 17.9 Å². The largest absolute Gasteiger partial charge is 0.494 e. The highest BCUT2D eigenvalue weighted by molar-refractivity contribution is 7.99. The van der Waals surface area contributed by atoms with Crippen LogP contribution in [-0.4, -0.2) is 33.0 Å². The molecule has 1 N–H and O–H groups in total. The summed E-state index contributed by atoms with van der Waals surface area (Å²) in [6.45, 7) is 5.01. The number of amides is 1. The average Bonchev–Trinajstić information content (AvgIpc) is 3.11. The van der Waals surface area contributed by atoms with E-state index < -0.39 is 0 Å². The first-order valence-electron chi connectivity index (χ1n) is 8.96. The highest BCUT2D eigenvalue weighted by atomic mass is 32.2. The summed E-state index contributed by atoms with van der Waals surface area (Å²) in [4.78, 5) is 12.2. The molecule has 0 spiro atoms. The van der Waals surface area contributed by atoms with E-state index in [0.717, 1.165) is 5.75 Å². The van der Waals surface area contributed by atoms with Gasteiger partial charge in [-0.05, 0) is 50.2 Å². The summed E-state index contributed by atoms with van der Waals surface area (Å²) < 4.78 is 21.3. The number of nitrogens with zero attached hydrogens (tertiary/aromatic N) is 3. The molecule has 28 heavy (non-hydrogen) atoms. The van der Waals surface area contributed by atoms with Crippen molar-refractivity contribution in [2.24, 2.45) is 0 Å². The summed E-state index contributed by atoms with van der Waals surface area (Å²) >= 11 is 1.26. The summed E-state index contributed by atoms with van der Waals surface area (Å²) in [6.07, 6.45) is 0. The molecule has 3 rings (SSSR count). The van der Waals surface area contributed by atoms with E-state index in [2.05, 4.69) is 15.5 Å². The van der Waals surface area contributed by atoms with Gasteiger partial charge in [0.25, 0.3) is 0 Å². The van der Waals surface area contributed by atoms with Gasteiger partial charge in [0.2, 0.25) is 5.91 Å². The maximum atomic E-state index is 14.1. The van der Waals surface area contributed by atoms with Gasteiger partial charge in [-0.25, -0.2) is 4.39 Å². The standard InChI is InChI=1S/C20H21FN4O2S/c1-3-25-19(16-7-5-6-8-17(16)21)23-24-20(25)28-13-18(26)22-14-9-11-15(12-10-14)27-4-2/h5-12H,3-4,13H2,1-2H3,(H,22,26). The number of nitrogens with one attached hydrogen (secondary N) is 1. The molecule has 0 radical (unpaired) electrons. The number of hydrogen-bond donors (Lipinski definition) is 1. The number of hydrogen-bond acceptors (Lipinski definition) is 5. The van der Waals surface area contributed by atoms with Gasteiger partial charge in [0.15, 0.2) is 11.0 Å². The Balaban J connectivity index is 1.64. The van der Waals surface area contributed by atoms with Crippen LogP contribution in [0.5, 0.6) is 5.75 Å². The van der Waals surface area contributed by atoms with Crippen LogP contribution in [0.2, 0.25) is 0 Å². The molecule has 1 amide bonds. The lowest BCUT2D eigenvalue weighted by atomic mass is 10.2. The van der Waals surface area contributed by atoms with Crippen LogP contribution in [0.3, 0.4) is 0 Å². The molecule has 0 aliphatic carbocycles. The van der Waals surface area contributed by atoms with E-state index >= 15 is 0 Å². The van der Waals surface area contributed by atoms with Gasteiger partial charge in [0.1, 0.15) is 11.6 Å². The van der Waals surface area contributed by atoms with Gasteiger partial charge in [-0.3, -0.25) is 4.79 Å². The third-order valence-corrected chi connectivity index (χ3v) is 4.90. The molecule has 0 aliphatic rings. The van der Waals surface area contributed by atoms with E-state index in [1.165, 1.54) is 17.8 Å². The molecule has 146 valence electrons. The number of thioether (sulfide) groups is 1. The number of benzene rings is 2. The van der Waals surface area contributed by atoms with Gasteiger partial charge in [-0.1, -0.05) is 23.9 Å². The van der Waals surface area contributed by atoms with Crippen LogP contribution in [0, 0.1) is 5.82 Å². The van der Waals surface area contributed by atoms with Gasteiger partial charge in [-0.15, -0.1) is 10.2 Å². The summed E-state index contributed by atoms with van der Waals surface area (Å²) in [5.41, 5.74) is 1.08. The quantitative estimate of drug-likeness (QED) is 0.573. The van der Waals surface area contributed by atoms with Crippen molar-refractivity contribution in [1.29, 1.82) is 0 Å². The zero-order valence-corrected chi connectivity index (χ0v) is 16.5. The summed E-state index contributed by atoms with van der Waals surface area (Å²) in [5.74, 6) is 0.867. The Hall–Kier alpha value is -2.87. The molecular weight excluding hydrogens is 379 g/mol. The lowest BCUT2D eigenvalue weighted by Crippen LogP contribution is -2.14. The Morgan fingerprint density at radius 1 is 1.14 bits per heavy atom. The fourth-order valence-corrected chi connectivity index (χ4v) is 3.45. The molecule has 0 aliphatic heterocycles. The number of rotatable bonds is 8. The Labute approximate surface area is 167 Å². The van der Waals surface area contributed by atoms with Crippen molar-refractivity contribution in [3.63, 3.8) is 0 Å². The molecule has 0 saturated heterocycles. The molecule has 2 aromatic carbocycles. The van der Waals surface area contributed by atoms with E-state index in [4.69, 9.17) is 4.74 Å². The third-order valence-electron chi connectivity index (χ3n) is 3.93. The Bertz CT molecular complexity index is 944. The highest BCUT2D eigenvalue weighted by Crippen LogP contribution is 2.26. The number of anilines is 1. The van der Waals surface area contributed by atoms with Crippen LogP contribution < -0.4 is 10.1 Å². The van der Waals surface area contributed by atoms with Crippen molar-refractivity contribution in [3.8, 4) is 17.1 Å². The normalized spacial score (nSPS) is 10.7. The Morgan fingerprint density at radius 3 is 2.57 bits per heavy atom. The second-order valence-electron chi connectivity index (χ2n) is 5.82. The van der Waals surface area contributed by atoms with Crippen LogP contribution in [-0.2, 0) is 11.3 Å². The van der Waals surface area contributed by atoms with E-state index in [0.29, 0.717) is 35.4 Å². The predicted molar refractivity (Wildman–Crippen MR) is 108 cm³/mol. The zero-order chi connectivity index (χ0) is 19.9. The number of ether oxygens (including phenoxy) is 1. The first-order valence-corrected chi connectivity index (χ1v) is 9.94. The summed E-state index contributed by atoms with van der Waals surface area (Å²) in [6, 6.07) is 13.6. The van der Waals surface area contributed by atoms with Crippen LogP contribution in [0.1, 0.15) is 13.8 Å². The monoisotopic (exact) mass is 400 g/mol. The Morgan fingerprint density at radius 2 is 1.89 bits per heavy atom. The van der Waals surface area contributed by atoms with E-state index in [9.17, 15) is 9.18 Å². The second kappa shape index (κ2) is 9.36. The molecule has 8 heteroatoms. The van der Waals surface area contributed by atoms with Gasteiger partial charge >= 0.3 is 0 Å². The number of carbonyl (C=O) groups is 1. The lowest BCUT2D eigenvalue weighted by Gasteiger charge is -2.09. The van der Waals surface area contributed by atoms with Crippen molar-refractivity contribution in [2.45, 2.75) is 25.5 Å². The first kappa shape index (κ1) is 19.9.